The molecule has 7 heteroatoms. The number of ether oxygens (including phenoxy) is 4. The summed E-state index contributed by atoms with van der Waals surface area (Å²) in [4.78, 5) is 23.8. The normalized spacial score (nSPS) is 10.8. The number of hydrogen-bond donors (Lipinski definition) is 0. The average Bonchev–Trinajstić information content (AvgIpc) is 3.01. The third-order valence-corrected chi connectivity index (χ3v) is 6.30. The Kier molecular flexibility index (Phi) is 18.7. The predicted molar refractivity (Wildman–Crippen MR) is 176 cm³/mol. The molecule has 0 amide bonds. The molecule has 0 saturated carbocycles. The van der Waals surface area contributed by atoms with Crippen LogP contribution >= 0.6 is 0 Å². The minimum absolute atomic E-state index is 0. The van der Waals surface area contributed by atoms with E-state index in [2.05, 4.69) is 27.4 Å². The predicted octanol–water partition coefficient (Wildman–Crippen LogP) is 10.0. The van der Waals surface area contributed by atoms with Gasteiger partial charge in [-0.3, -0.25) is 0 Å². The van der Waals surface area contributed by atoms with Crippen LogP contribution in [0.5, 0.6) is 17.2 Å². The maximum absolute atomic E-state index is 14.5. The fourth-order valence-corrected chi connectivity index (χ4v) is 4.00. The first kappa shape index (κ1) is 38.1. The van der Waals surface area contributed by atoms with Gasteiger partial charge in [0, 0.05) is 25.4 Å². The van der Waals surface area contributed by atoms with Gasteiger partial charge in [0.25, 0.3) is 0 Å². The maximum atomic E-state index is 14.5. The van der Waals surface area contributed by atoms with Crippen LogP contribution < -0.4 is 14.2 Å². The minimum Gasteiger partial charge on any atom is -0.488 e. The number of benzene rings is 3. The van der Waals surface area contributed by atoms with E-state index in [-0.39, 0.29) is 25.0 Å². The van der Waals surface area contributed by atoms with Crippen LogP contribution in [-0.4, -0.2) is 31.3 Å². The van der Waals surface area contributed by atoms with E-state index in [4.69, 9.17) is 18.9 Å². The van der Waals surface area contributed by atoms with Gasteiger partial charge in [-0.25, -0.2) is 14.0 Å². The Morgan fingerprint density at radius 3 is 1.93 bits per heavy atom. The molecule has 0 heterocycles. The van der Waals surface area contributed by atoms with Crippen LogP contribution in [0.4, 0.5) is 4.39 Å². The van der Waals surface area contributed by atoms with Gasteiger partial charge in [-0.05, 0) is 80.1 Å². The van der Waals surface area contributed by atoms with Gasteiger partial charge in [-0.2, -0.15) is 0 Å². The van der Waals surface area contributed by atoms with Crippen LogP contribution in [0.25, 0.3) is 11.1 Å². The van der Waals surface area contributed by atoms with Crippen LogP contribution in [0.2, 0.25) is 0 Å². The highest BCUT2D eigenvalue weighted by atomic mass is 19.1. The lowest BCUT2D eigenvalue weighted by Crippen LogP contribution is -2.13. The lowest BCUT2D eigenvalue weighted by atomic mass is 10.0. The molecule has 3 rings (SSSR count). The summed E-state index contributed by atoms with van der Waals surface area (Å²) < 4.78 is 35.8. The molecule has 0 aromatic heterocycles. The van der Waals surface area contributed by atoms with Gasteiger partial charge in [0.15, 0.2) is 11.6 Å². The van der Waals surface area contributed by atoms with Gasteiger partial charge in [0.05, 0.1) is 11.7 Å². The molecule has 0 aliphatic carbocycles. The van der Waals surface area contributed by atoms with E-state index in [1.165, 1.54) is 25.0 Å². The third kappa shape index (κ3) is 14.0. The van der Waals surface area contributed by atoms with E-state index in [1.54, 1.807) is 48.5 Å². The number of carbonyl (C=O) groups excluding carboxylic acids is 2. The van der Waals surface area contributed by atoms with E-state index < -0.39 is 17.8 Å². The third-order valence-electron chi connectivity index (χ3n) is 6.30. The Morgan fingerprint density at radius 2 is 1.39 bits per heavy atom. The zero-order valence-electron chi connectivity index (χ0n) is 25.9. The van der Waals surface area contributed by atoms with Crippen LogP contribution in [-0.2, 0) is 9.53 Å². The zero-order valence-corrected chi connectivity index (χ0v) is 25.9. The van der Waals surface area contributed by atoms with Crippen molar-refractivity contribution < 1.29 is 32.9 Å². The van der Waals surface area contributed by atoms with E-state index in [1.807, 2.05) is 6.92 Å². The standard InChI is InChI=1S/C30H31FO5.C6H14O.CH4/c1-4-6-7-8-9-21(3)34-28-19-18-26(20-27(28)31)36-30(33)24-12-10-22(11-13-24)23-14-16-25(17-15-23)35-29(32)5-2;1-3-5-7-6-4-2;/h5,10-21H,2,4,6-9H2,1,3H3;3-6H2,1-2H3;1H4/t21-;;/m0../s1. The monoisotopic (exact) mass is 608 g/mol. The molecular weight excluding hydrogens is 559 g/mol. The van der Waals surface area contributed by atoms with E-state index >= 15 is 0 Å². The first-order chi connectivity index (χ1) is 20.8. The lowest BCUT2D eigenvalue weighted by Gasteiger charge is -2.15. The minimum atomic E-state index is -0.592. The van der Waals surface area contributed by atoms with Crippen molar-refractivity contribution in [2.24, 2.45) is 0 Å². The first-order valence-electron chi connectivity index (χ1n) is 15.1. The molecule has 0 aliphatic rings. The molecule has 240 valence electrons. The van der Waals surface area contributed by atoms with Crippen molar-refractivity contribution in [2.75, 3.05) is 13.2 Å². The summed E-state index contributed by atoms with van der Waals surface area (Å²) in [7, 11) is 0. The number of hydrogen-bond acceptors (Lipinski definition) is 6. The average molecular weight is 609 g/mol. The highest BCUT2D eigenvalue weighted by Gasteiger charge is 2.14. The van der Waals surface area contributed by atoms with Gasteiger partial charge in [0.1, 0.15) is 11.5 Å². The smallest absolute Gasteiger partial charge is 0.343 e. The Bertz CT molecular complexity index is 1250. The Morgan fingerprint density at radius 1 is 0.795 bits per heavy atom. The number of esters is 2. The largest absolute Gasteiger partial charge is 0.488 e. The molecule has 0 N–H and O–H groups in total. The second kappa shape index (κ2) is 21.7. The van der Waals surface area contributed by atoms with Crippen molar-refractivity contribution in [3.05, 3.63) is 90.8 Å². The number of unbranched alkanes of at least 4 members (excludes halogenated alkanes) is 3. The zero-order chi connectivity index (χ0) is 31.5. The van der Waals surface area contributed by atoms with Gasteiger partial charge < -0.3 is 18.9 Å². The highest BCUT2D eigenvalue weighted by molar-refractivity contribution is 5.91. The molecule has 0 bridgehead atoms. The van der Waals surface area contributed by atoms with Crippen LogP contribution in [0, 0.1) is 5.82 Å². The van der Waals surface area contributed by atoms with Crippen molar-refractivity contribution in [1.29, 1.82) is 0 Å². The second-order valence-corrected chi connectivity index (χ2v) is 10.1. The fraction of sp³-hybridized carbons (Fsp3) is 0.405. The topological polar surface area (TPSA) is 71.1 Å². The lowest BCUT2D eigenvalue weighted by molar-refractivity contribution is -0.128. The summed E-state index contributed by atoms with van der Waals surface area (Å²) >= 11 is 0. The Hall–Kier alpha value is -3.97. The summed E-state index contributed by atoms with van der Waals surface area (Å²) in [6.45, 7) is 13.5. The summed E-state index contributed by atoms with van der Waals surface area (Å²) in [6.07, 6.45) is 8.67. The molecular formula is C37H49FO6. The molecule has 44 heavy (non-hydrogen) atoms. The van der Waals surface area contributed by atoms with Crippen LogP contribution in [0.15, 0.2) is 79.4 Å². The Labute approximate surface area is 263 Å². The van der Waals surface area contributed by atoms with Crippen molar-refractivity contribution in [2.45, 2.75) is 86.2 Å². The fourth-order valence-electron chi connectivity index (χ4n) is 4.00. The molecule has 6 nitrogen and oxygen atoms in total. The first-order valence-corrected chi connectivity index (χ1v) is 15.1. The Balaban J connectivity index is 0.00000108. The number of halogens is 1. The van der Waals surface area contributed by atoms with Gasteiger partial charge in [0.2, 0.25) is 0 Å². The number of rotatable bonds is 16. The highest BCUT2D eigenvalue weighted by Crippen LogP contribution is 2.26. The van der Waals surface area contributed by atoms with Gasteiger partial charge >= 0.3 is 11.9 Å². The van der Waals surface area contributed by atoms with E-state index in [0.717, 1.165) is 68.6 Å². The van der Waals surface area contributed by atoms with E-state index in [9.17, 15) is 14.0 Å². The SMILES string of the molecule is C.C=CC(=O)Oc1ccc(-c2ccc(C(=O)Oc3ccc(O[C@@H](C)CCCCCC)c(F)c3)cc2)cc1.CCCOCCC. The quantitative estimate of drug-likeness (QED) is 0.0697. The summed E-state index contributed by atoms with van der Waals surface area (Å²) in [5.41, 5.74) is 2.08. The molecule has 3 aromatic carbocycles. The molecule has 0 aliphatic heterocycles. The van der Waals surface area contributed by atoms with Crippen LogP contribution in [0.1, 0.15) is 90.4 Å². The van der Waals surface area contributed by atoms with Crippen molar-refractivity contribution >= 4 is 11.9 Å². The van der Waals surface area contributed by atoms with E-state index in [0.29, 0.717) is 11.3 Å². The second-order valence-electron chi connectivity index (χ2n) is 10.1. The summed E-state index contributed by atoms with van der Waals surface area (Å²) in [6, 6.07) is 18.0. The number of carbonyl (C=O) groups is 2. The van der Waals surface area contributed by atoms with Gasteiger partial charge in [-0.15, -0.1) is 0 Å². The van der Waals surface area contributed by atoms with Crippen LogP contribution in [0.3, 0.4) is 0 Å². The molecule has 1 atom stereocenters. The summed E-state index contributed by atoms with van der Waals surface area (Å²) in [5, 5.41) is 0. The van der Waals surface area contributed by atoms with Crippen molar-refractivity contribution in [1.82, 2.24) is 0 Å². The molecule has 0 saturated heterocycles. The summed E-state index contributed by atoms with van der Waals surface area (Å²) in [5.74, 6) is -1.03. The molecule has 0 unspecified atom stereocenters. The van der Waals surface area contributed by atoms with Gasteiger partial charge in [-0.1, -0.05) is 78.3 Å². The maximum Gasteiger partial charge on any atom is 0.343 e. The van der Waals surface area contributed by atoms with Crippen molar-refractivity contribution in [3.8, 4) is 28.4 Å². The molecule has 3 aromatic rings. The molecule has 0 radical (unpaired) electrons. The van der Waals surface area contributed by atoms with Crippen molar-refractivity contribution in [3.63, 3.8) is 0 Å². The molecule has 0 fully saturated rings. The molecule has 0 spiro atoms.